The third-order valence-corrected chi connectivity index (χ3v) is 4.51. The van der Waals surface area contributed by atoms with Gasteiger partial charge in [0.2, 0.25) is 0 Å². The molecule has 29 heavy (non-hydrogen) atoms. The number of esters is 1. The molecule has 146 valence electrons. The molecule has 0 saturated carbocycles. The van der Waals surface area contributed by atoms with Crippen LogP contribution in [0.15, 0.2) is 78.9 Å². The molecule has 0 spiro atoms. The zero-order valence-electron chi connectivity index (χ0n) is 16.6. The number of unbranched alkanes of at least 4 members (excludes halogenated alkanes) is 1. The van der Waals surface area contributed by atoms with Crippen LogP contribution in [0.1, 0.15) is 39.9 Å². The van der Waals surface area contributed by atoms with Crippen molar-refractivity contribution >= 4 is 5.97 Å². The van der Waals surface area contributed by atoms with Crippen molar-refractivity contribution < 1.29 is 14.3 Å². The van der Waals surface area contributed by atoms with Gasteiger partial charge in [-0.05, 0) is 61.2 Å². The Bertz CT molecular complexity index is 980. The van der Waals surface area contributed by atoms with Crippen molar-refractivity contribution in [2.45, 2.75) is 19.3 Å². The van der Waals surface area contributed by atoms with Gasteiger partial charge in [-0.1, -0.05) is 54.3 Å². The van der Waals surface area contributed by atoms with Gasteiger partial charge >= 0.3 is 5.97 Å². The highest BCUT2D eigenvalue weighted by atomic mass is 16.5. The van der Waals surface area contributed by atoms with E-state index in [1.807, 2.05) is 60.7 Å². The van der Waals surface area contributed by atoms with E-state index in [1.54, 1.807) is 13.2 Å². The molecule has 0 radical (unpaired) electrons. The minimum absolute atomic E-state index is 0.326. The van der Waals surface area contributed by atoms with Gasteiger partial charge in [0, 0.05) is 11.1 Å². The fraction of sp³-hybridized carbons (Fsp3) is 0.192. The number of carbonyl (C=O) groups is 1. The molecule has 0 saturated heterocycles. The molecular formula is C26H24O3. The van der Waals surface area contributed by atoms with E-state index in [9.17, 15) is 4.79 Å². The summed E-state index contributed by atoms with van der Waals surface area (Å²) in [5.74, 6) is 6.71. The van der Waals surface area contributed by atoms with Crippen LogP contribution in [0.4, 0.5) is 0 Å². The van der Waals surface area contributed by atoms with Crippen LogP contribution in [-0.2, 0) is 11.2 Å². The molecule has 3 aromatic carbocycles. The van der Waals surface area contributed by atoms with E-state index in [1.165, 1.54) is 5.56 Å². The van der Waals surface area contributed by atoms with Gasteiger partial charge in [0.1, 0.15) is 5.75 Å². The normalized spacial score (nSPS) is 9.97. The lowest BCUT2D eigenvalue weighted by Gasteiger charge is -2.07. The molecule has 0 aromatic heterocycles. The van der Waals surface area contributed by atoms with E-state index in [-0.39, 0.29) is 5.97 Å². The topological polar surface area (TPSA) is 35.5 Å². The van der Waals surface area contributed by atoms with Gasteiger partial charge in [0.15, 0.2) is 0 Å². The molecule has 3 nitrogen and oxygen atoms in total. The SMILES string of the molecule is COc1ccc(CCCCOC(=O)c2ccccc2C#Cc2ccccc2)cc1. The number of ether oxygens (including phenoxy) is 2. The van der Waals surface area contributed by atoms with Gasteiger partial charge in [0.25, 0.3) is 0 Å². The Hall–Kier alpha value is -3.51. The van der Waals surface area contributed by atoms with Crippen LogP contribution in [0.25, 0.3) is 0 Å². The average Bonchev–Trinajstić information content (AvgIpc) is 2.78. The summed E-state index contributed by atoms with van der Waals surface area (Å²) in [5.41, 5.74) is 3.35. The van der Waals surface area contributed by atoms with Gasteiger partial charge in [-0.2, -0.15) is 0 Å². The van der Waals surface area contributed by atoms with E-state index in [0.717, 1.165) is 30.6 Å². The second-order valence-corrected chi connectivity index (χ2v) is 6.60. The lowest BCUT2D eigenvalue weighted by Crippen LogP contribution is -2.08. The third kappa shape index (κ3) is 6.26. The summed E-state index contributed by atoms with van der Waals surface area (Å²) in [4.78, 5) is 12.5. The molecule has 0 amide bonds. The largest absolute Gasteiger partial charge is 0.497 e. The number of methoxy groups -OCH3 is 1. The van der Waals surface area contributed by atoms with Crippen LogP contribution in [0, 0.1) is 11.8 Å². The first-order valence-corrected chi connectivity index (χ1v) is 9.72. The number of hydrogen-bond acceptors (Lipinski definition) is 3. The molecule has 0 heterocycles. The van der Waals surface area contributed by atoms with E-state index in [2.05, 4.69) is 24.0 Å². The molecule has 3 aromatic rings. The second kappa shape index (κ2) is 10.7. The number of aryl methyl sites for hydroxylation is 1. The lowest BCUT2D eigenvalue weighted by molar-refractivity contribution is 0.0498. The van der Waals surface area contributed by atoms with Gasteiger partial charge < -0.3 is 9.47 Å². The smallest absolute Gasteiger partial charge is 0.339 e. The first-order valence-electron chi connectivity index (χ1n) is 9.72. The van der Waals surface area contributed by atoms with Crippen LogP contribution >= 0.6 is 0 Å². The van der Waals surface area contributed by atoms with Crippen LogP contribution in [0.5, 0.6) is 5.75 Å². The van der Waals surface area contributed by atoms with Crippen molar-refractivity contribution in [1.82, 2.24) is 0 Å². The molecule has 3 rings (SSSR count). The lowest BCUT2D eigenvalue weighted by atomic mass is 10.1. The molecule has 0 aliphatic carbocycles. The fourth-order valence-electron chi connectivity index (χ4n) is 2.90. The van der Waals surface area contributed by atoms with Gasteiger partial charge in [-0.3, -0.25) is 0 Å². The third-order valence-electron chi connectivity index (χ3n) is 4.51. The van der Waals surface area contributed by atoms with Crippen LogP contribution in [0.3, 0.4) is 0 Å². The maximum Gasteiger partial charge on any atom is 0.339 e. The molecule has 0 N–H and O–H groups in total. The van der Waals surface area contributed by atoms with Crippen molar-refractivity contribution in [3.63, 3.8) is 0 Å². The maximum atomic E-state index is 12.5. The van der Waals surface area contributed by atoms with Gasteiger partial charge in [-0.15, -0.1) is 0 Å². The number of benzene rings is 3. The first kappa shape index (κ1) is 20.2. The Labute approximate surface area is 172 Å². The molecular weight excluding hydrogens is 360 g/mol. The van der Waals surface area contributed by atoms with Crippen molar-refractivity contribution in [2.24, 2.45) is 0 Å². The number of rotatable bonds is 7. The minimum atomic E-state index is -0.326. The maximum absolute atomic E-state index is 12.5. The Kier molecular flexibility index (Phi) is 7.48. The van der Waals surface area contributed by atoms with Crippen LogP contribution in [-0.4, -0.2) is 19.7 Å². The van der Waals surface area contributed by atoms with Crippen molar-refractivity contribution in [3.05, 3.63) is 101 Å². The van der Waals surface area contributed by atoms with Gasteiger partial charge in [-0.25, -0.2) is 4.79 Å². The molecule has 0 aliphatic heterocycles. The van der Waals surface area contributed by atoms with Crippen LogP contribution in [0.2, 0.25) is 0 Å². The number of hydrogen-bond donors (Lipinski definition) is 0. The monoisotopic (exact) mass is 384 g/mol. The highest BCUT2D eigenvalue weighted by Gasteiger charge is 2.10. The minimum Gasteiger partial charge on any atom is -0.497 e. The van der Waals surface area contributed by atoms with Crippen molar-refractivity contribution in [2.75, 3.05) is 13.7 Å². The second-order valence-electron chi connectivity index (χ2n) is 6.60. The van der Waals surface area contributed by atoms with Gasteiger partial charge in [0.05, 0.1) is 19.3 Å². The molecule has 0 aliphatic rings. The molecule has 0 unspecified atom stereocenters. The Morgan fingerprint density at radius 1 is 0.828 bits per heavy atom. The predicted molar refractivity (Wildman–Crippen MR) is 115 cm³/mol. The van der Waals surface area contributed by atoms with E-state index in [0.29, 0.717) is 17.7 Å². The summed E-state index contributed by atoms with van der Waals surface area (Å²) in [6, 6.07) is 25.1. The summed E-state index contributed by atoms with van der Waals surface area (Å²) in [5, 5.41) is 0. The van der Waals surface area contributed by atoms with E-state index >= 15 is 0 Å². The molecule has 0 fully saturated rings. The number of carbonyl (C=O) groups excluding carboxylic acids is 1. The highest BCUT2D eigenvalue weighted by Crippen LogP contribution is 2.14. The van der Waals surface area contributed by atoms with Crippen molar-refractivity contribution in [3.8, 4) is 17.6 Å². The Morgan fingerprint density at radius 2 is 1.55 bits per heavy atom. The highest BCUT2D eigenvalue weighted by molar-refractivity contribution is 5.92. The molecule has 0 atom stereocenters. The summed E-state index contributed by atoms with van der Waals surface area (Å²) in [7, 11) is 1.66. The predicted octanol–water partition coefficient (Wildman–Crippen LogP) is 5.27. The quantitative estimate of drug-likeness (QED) is 0.316. The van der Waals surface area contributed by atoms with E-state index < -0.39 is 0 Å². The summed E-state index contributed by atoms with van der Waals surface area (Å²) < 4.78 is 10.6. The van der Waals surface area contributed by atoms with Crippen LogP contribution < -0.4 is 4.74 Å². The summed E-state index contributed by atoms with van der Waals surface area (Å²) in [6.45, 7) is 0.398. The average molecular weight is 384 g/mol. The Morgan fingerprint density at radius 3 is 2.31 bits per heavy atom. The molecule has 0 bridgehead atoms. The Balaban J connectivity index is 1.50. The molecule has 3 heteroatoms. The summed E-state index contributed by atoms with van der Waals surface area (Å²) in [6.07, 6.45) is 2.71. The summed E-state index contributed by atoms with van der Waals surface area (Å²) >= 11 is 0. The van der Waals surface area contributed by atoms with Crippen molar-refractivity contribution in [1.29, 1.82) is 0 Å². The fourth-order valence-corrected chi connectivity index (χ4v) is 2.90. The first-order chi connectivity index (χ1) is 14.3. The van der Waals surface area contributed by atoms with E-state index in [4.69, 9.17) is 9.47 Å². The standard InChI is InChI=1S/C26H24O3/c1-28-24-18-15-22(16-19-24)11-7-8-20-29-26(27)25-13-6-5-12-23(25)17-14-21-9-3-2-4-10-21/h2-6,9-10,12-13,15-16,18-19H,7-8,11,20H2,1H3. The zero-order chi connectivity index (χ0) is 20.3. The zero-order valence-corrected chi connectivity index (χ0v) is 16.6.